The van der Waals surface area contributed by atoms with Crippen LogP contribution in [0.15, 0.2) is 0 Å². The lowest BCUT2D eigenvalue weighted by molar-refractivity contribution is 0.212. The van der Waals surface area contributed by atoms with E-state index >= 15 is 0 Å². The quantitative estimate of drug-likeness (QED) is 0.604. The smallest absolute Gasteiger partial charge is 0.102 e. The molecular weight excluding hydrogens is 180 g/mol. The van der Waals surface area contributed by atoms with Crippen LogP contribution in [0.25, 0.3) is 0 Å². The number of hydrogen-bond acceptors (Lipinski definition) is 2. The molecule has 3 heteroatoms. The summed E-state index contributed by atoms with van der Waals surface area (Å²) >= 11 is 7.74. The maximum atomic E-state index is 5.95. The van der Waals surface area contributed by atoms with E-state index in [1.54, 1.807) is 18.9 Å². The standard InChI is InChI=1S/C8H17ClOS/c1-4-5-7(2)11-8(9)6-10-3/h7-8H,4-6H2,1-3H3. The highest BCUT2D eigenvalue weighted by Crippen LogP contribution is 2.23. The molecule has 0 saturated carbocycles. The number of methoxy groups -OCH3 is 1. The third-order valence-electron chi connectivity index (χ3n) is 1.37. The molecule has 0 N–H and O–H groups in total. The largest absolute Gasteiger partial charge is 0.382 e. The molecule has 0 bridgehead atoms. The third-order valence-corrected chi connectivity index (χ3v) is 2.94. The van der Waals surface area contributed by atoms with Gasteiger partial charge in [-0.2, -0.15) is 0 Å². The van der Waals surface area contributed by atoms with Gasteiger partial charge in [-0.15, -0.1) is 23.4 Å². The number of alkyl halides is 1. The van der Waals surface area contributed by atoms with Crippen molar-refractivity contribution in [2.45, 2.75) is 36.6 Å². The van der Waals surface area contributed by atoms with Crippen LogP contribution in [-0.4, -0.2) is 23.7 Å². The Morgan fingerprint density at radius 2 is 2.18 bits per heavy atom. The fraction of sp³-hybridized carbons (Fsp3) is 1.00. The second-order valence-electron chi connectivity index (χ2n) is 2.60. The van der Waals surface area contributed by atoms with Crippen molar-refractivity contribution < 1.29 is 4.74 Å². The van der Waals surface area contributed by atoms with Gasteiger partial charge in [0.05, 0.1) is 6.61 Å². The molecule has 2 unspecified atom stereocenters. The van der Waals surface area contributed by atoms with Gasteiger partial charge in [-0.05, 0) is 6.42 Å². The Bertz CT molecular complexity index is 80.2. The van der Waals surface area contributed by atoms with E-state index in [1.165, 1.54) is 12.8 Å². The van der Waals surface area contributed by atoms with Crippen LogP contribution in [0.2, 0.25) is 0 Å². The van der Waals surface area contributed by atoms with E-state index in [2.05, 4.69) is 13.8 Å². The third kappa shape index (κ3) is 6.98. The molecule has 0 aliphatic carbocycles. The van der Waals surface area contributed by atoms with E-state index in [0.717, 1.165) is 0 Å². The van der Waals surface area contributed by atoms with Crippen molar-refractivity contribution in [3.8, 4) is 0 Å². The molecule has 0 saturated heterocycles. The molecule has 0 aromatic heterocycles. The van der Waals surface area contributed by atoms with E-state index in [1.807, 2.05) is 0 Å². The van der Waals surface area contributed by atoms with Crippen molar-refractivity contribution in [2.75, 3.05) is 13.7 Å². The number of ether oxygens (including phenoxy) is 1. The molecule has 68 valence electrons. The van der Waals surface area contributed by atoms with E-state index in [9.17, 15) is 0 Å². The van der Waals surface area contributed by atoms with E-state index in [4.69, 9.17) is 16.3 Å². The van der Waals surface area contributed by atoms with Crippen molar-refractivity contribution in [3.63, 3.8) is 0 Å². The average molecular weight is 197 g/mol. The monoisotopic (exact) mass is 196 g/mol. The molecule has 11 heavy (non-hydrogen) atoms. The van der Waals surface area contributed by atoms with Gasteiger partial charge in [0.25, 0.3) is 0 Å². The Balaban J connectivity index is 3.32. The second-order valence-corrected chi connectivity index (χ2v) is 5.03. The summed E-state index contributed by atoms with van der Waals surface area (Å²) < 4.78 is 5.04. The summed E-state index contributed by atoms with van der Waals surface area (Å²) in [6.45, 7) is 5.04. The van der Waals surface area contributed by atoms with Gasteiger partial charge in [0.15, 0.2) is 0 Å². The molecule has 0 aliphatic rings. The minimum atomic E-state index is 0.113. The molecule has 1 nitrogen and oxygen atoms in total. The Hall–Kier alpha value is 0.600. The van der Waals surface area contributed by atoms with Gasteiger partial charge in [0, 0.05) is 12.4 Å². The summed E-state index contributed by atoms with van der Waals surface area (Å²) in [5.74, 6) is 0. The highest BCUT2D eigenvalue weighted by atomic mass is 35.5. The SMILES string of the molecule is CCCC(C)SC(Cl)COC. The Morgan fingerprint density at radius 1 is 1.55 bits per heavy atom. The average Bonchev–Trinajstić information content (AvgIpc) is 1.87. The summed E-state index contributed by atoms with van der Waals surface area (Å²) in [7, 11) is 1.68. The maximum absolute atomic E-state index is 5.95. The summed E-state index contributed by atoms with van der Waals surface area (Å²) in [6, 6.07) is 0. The van der Waals surface area contributed by atoms with E-state index < -0.39 is 0 Å². The zero-order chi connectivity index (χ0) is 8.69. The van der Waals surface area contributed by atoms with Gasteiger partial charge >= 0.3 is 0 Å². The topological polar surface area (TPSA) is 9.23 Å². The first-order chi connectivity index (χ1) is 5.20. The second kappa shape index (κ2) is 7.26. The van der Waals surface area contributed by atoms with Crippen LogP contribution >= 0.6 is 23.4 Å². The van der Waals surface area contributed by atoms with Crippen LogP contribution in [0.1, 0.15) is 26.7 Å². The van der Waals surface area contributed by atoms with Gasteiger partial charge in [0.1, 0.15) is 4.71 Å². The van der Waals surface area contributed by atoms with Crippen LogP contribution < -0.4 is 0 Å². The molecule has 0 radical (unpaired) electrons. The fourth-order valence-electron chi connectivity index (χ4n) is 0.897. The lowest BCUT2D eigenvalue weighted by Gasteiger charge is -2.13. The van der Waals surface area contributed by atoms with Crippen LogP contribution in [0, 0.1) is 0 Å². The number of thioether (sulfide) groups is 1. The summed E-state index contributed by atoms with van der Waals surface area (Å²) in [6.07, 6.45) is 2.46. The Morgan fingerprint density at radius 3 is 2.64 bits per heavy atom. The van der Waals surface area contributed by atoms with Gasteiger partial charge in [-0.1, -0.05) is 20.3 Å². The molecule has 0 spiro atoms. The normalized spacial score (nSPS) is 16.4. The Kier molecular flexibility index (Phi) is 7.66. The van der Waals surface area contributed by atoms with Crippen molar-refractivity contribution in [1.82, 2.24) is 0 Å². The first kappa shape index (κ1) is 11.6. The van der Waals surface area contributed by atoms with Crippen molar-refractivity contribution in [2.24, 2.45) is 0 Å². The minimum absolute atomic E-state index is 0.113. The van der Waals surface area contributed by atoms with Crippen LogP contribution in [-0.2, 0) is 4.74 Å². The predicted octanol–water partition coefficient (Wildman–Crippen LogP) is 3.12. The summed E-state index contributed by atoms with van der Waals surface area (Å²) in [4.78, 5) is 0. The van der Waals surface area contributed by atoms with E-state index in [-0.39, 0.29) is 4.71 Å². The molecule has 0 aromatic rings. The fourth-order valence-corrected chi connectivity index (χ4v) is 2.64. The minimum Gasteiger partial charge on any atom is -0.382 e. The first-order valence-corrected chi connectivity index (χ1v) is 5.37. The summed E-state index contributed by atoms with van der Waals surface area (Å²) in [5, 5.41) is 0.651. The lowest BCUT2D eigenvalue weighted by Crippen LogP contribution is -2.07. The molecule has 2 atom stereocenters. The van der Waals surface area contributed by atoms with Crippen molar-refractivity contribution in [3.05, 3.63) is 0 Å². The Labute approximate surface area is 78.8 Å². The summed E-state index contributed by atoms with van der Waals surface area (Å²) in [5.41, 5.74) is 0. The van der Waals surface area contributed by atoms with Gasteiger partial charge in [-0.25, -0.2) is 0 Å². The zero-order valence-electron chi connectivity index (χ0n) is 7.47. The molecule has 0 fully saturated rings. The highest BCUT2D eigenvalue weighted by molar-refractivity contribution is 8.01. The molecule has 0 aliphatic heterocycles. The molecule has 0 rings (SSSR count). The van der Waals surface area contributed by atoms with Crippen LogP contribution in [0.3, 0.4) is 0 Å². The molecule has 0 amide bonds. The zero-order valence-corrected chi connectivity index (χ0v) is 9.04. The molecule has 0 heterocycles. The number of hydrogen-bond donors (Lipinski definition) is 0. The van der Waals surface area contributed by atoms with Crippen LogP contribution in [0.5, 0.6) is 0 Å². The number of rotatable bonds is 6. The van der Waals surface area contributed by atoms with Crippen LogP contribution in [0.4, 0.5) is 0 Å². The predicted molar refractivity (Wildman–Crippen MR) is 53.5 cm³/mol. The van der Waals surface area contributed by atoms with Gasteiger partial charge in [0.2, 0.25) is 0 Å². The van der Waals surface area contributed by atoms with Gasteiger partial charge in [-0.3, -0.25) is 0 Å². The first-order valence-electron chi connectivity index (χ1n) is 3.99. The van der Waals surface area contributed by atoms with Crippen molar-refractivity contribution in [1.29, 1.82) is 0 Å². The van der Waals surface area contributed by atoms with Crippen molar-refractivity contribution >= 4 is 23.4 Å². The maximum Gasteiger partial charge on any atom is 0.102 e. The molecule has 0 aromatic carbocycles. The highest BCUT2D eigenvalue weighted by Gasteiger charge is 2.09. The number of halogens is 1. The van der Waals surface area contributed by atoms with E-state index in [0.29, 0.717) is 11.9 Å². The lowest BCUT2D eigenvalue weighted by atomic mass is 10.3. The van der Waals surface area contributed by atoms with Gasteiger partial charge < -0.3 is 4.74 Å². The molecular formula is C8H17ClOS.